The van der Waals surface area contributed by atoms with Gasteiger partial charge in [-0.05, 0) is 36.1 Å². The van der Waals surface area contributed by atoms with Crippen LogP contribution in [-0.4, -0.2) is 0 Å². The maximum absolute atomic E-state index is 2.28. The fourth-order valence-corrected chi connectivity index (χ4v) is 4.34. The van der Waals surface area contributed by atoms with Gasteiger partial charge in [-0.3, -0.25) is 0 Å². The van der Waals surface area contributed by atoms with E-state index in [9.17, 15) is 0 Å². The minimum Gasteiger partial charge on any atom is -0.135 e. The molecule has 0 nitrogen and oxygen atoms in total. The van der Waals surface area contributed by atoms with Crippen LogP contribution in [-0.2, 0) is 0 Å². The number of thiophene rings is 1. The lowest BCUT2D eigenvalue weighted by atomic mass is 9.98. The molecule has 1 heteroatoms. The van der Waals surface area contributed by atoms with Crippen LogP contribution in [0.5, 0.6) is 0 Å². The first kappa shape index (κ1) is 12.6. The fraction of sp³-hybridized carbons (Fsp3) is 0.100. The van der Waals surface area contributed by atoms with Crippen molar-refractivity contribution in [2.75, 3.05) is 0 Å². The minimum absolute atomic E-state index is 1.30. The minimum atomic E-state index is 1.30. The van der Waals surface area contributed by atoms with E-state index in [1.165, 1.54) is 42.4 Å². The van der Waals surface area contributed by atoms with Crippen molar-refractivity contribution >= 4 is 31.5 Å². The molecular weight excluding hydrogens is 272 g/mol. The number of rotatable bonds is 1. The van der Waals surface area contributed by atoms with Gasteiger partial charge in [0.1, 0.15) is 0 Å². The van der Waals surface area contributed by atoms with E-state index in [2.05, 4.69) is 74.5 Å². The van der Waals surface area contributed by atoms with Crippen LogP contribution in [0.1, 0.15) is 11.1 Å². The third kappa shape index (κ3) is 1.89. The summed E-state index contributed by atoms with van der Waals surface area (Å²) in [5, 5.41) is 2.77. The summed E-state index contributed by atoms with van der Waals surface area (Å²) in [5.74, 6) is 0. The van der Waals surface area contributed by atoms with Gasteiger partial charge >= 0.3 is 0 Å². The Morgan fingerprint density at radius 2 is 1.43 bits per heavy atom. The number of fused-ring (bicyclic) bond motifs is 3. The first-order valence-corrected chi connectivity index (χ1v) is 8.04. The molecule has 0 saturated heterocycles. The molecule has 0 fully saturated rings. The quantitative estimate of drug-likeness (QED) is 0.383. The summed E-state index contributed by atoms with van der Waals surface area (Å²) in [5.41, 5.74) is 5.40. The van der Waals surface area contributed by atoms with Gasteiger partial charge in [-0.2, -0.15) is 0 Å². The van der Waals surface area contributed by atoms with E-state index < -0.39 is 0 Å². The molecule has 4 rings (SSSR count). The third-order valence-electron chi connectivity index (χ3n) is 4.20. The van der Waals surface area contributed by atoms with Crippen molar-refractivity contribution in [3.05, 3.63) is 71.8 Å². The van der Waals surface area contributed by atoms with E-state index >= 15 is 0 Å². The zero-order chi connectivity index (χ0) is 14.4. The van der Waals surface area contributed by atoms with Crippen molar-refractivity contribution in [2.45, 2.75) is 13.8 Å². The lowest BCUT2D eigenvalue weighted by Crippen LogP contribution is -1.82. The van der Waals surface area contributed by atoms with Crippen molar-refractivity contribution < 1.29 is 0 Å². The summed E-state index contributed by atoms with van der Waals surface area (Å²) in [4.78, 5) is 0. The SMILES string of the molecule is Cc1cccc2c1sc1c(C)c(-c3ccccc3)ccc12. The van der Waals surface area contributed by atoms with E-state index in [1.54, 1.807) is 0 Å². The molecule has 1 heterocycles. The maximum atomic E-state index is 2.28. The maximum Gasteiger partial charge on any atom is 0.0390 e. The van der Waals surface area contributed by atoms with Crippen molar-refractivity contribution in [1.82, 2.24) is 0 Å². The predicted octanol–water partition coefficient (Wildman–Crippen LogP) is 6.34. The Bertz CT molecular complexity index is 946. The van der Waals surface area contributed by atoms with Gasteiger partial charge in [-0.25, -0.2) is 0 Å². The van der Waals surface area contributed by atoms with Crippen LogP contribution in [0.25, 0.3) is 31.3 Å². The molecule has 0 unspecified atom stereocenters. The summed E-state index contributed by atoms with van der Waals surface area (Å²) < 4.78 is 2.83. The first-order chi connectivity index (χ1) is 10.3. The van der Waals surface area contributed by atoms with Crippen molar-refractivity contribution in [1.29, 1.82) is 0 Å². The molecule has 0 aliphatic heterocycles. The van der Waals surface area contributed by atoms with E-state index in [4.69, 9.17) is 0 Å². The van der Waals surface area contributed by atoms with Gasteiger partial charge in [0.2, 0.25) is 0 Å². The Hall–Kier alpha value is -2.12. The molecule has 102 valence electrons. The van der Waals surface area contributed by atoms with E-state index in [-0.39, 0.29) is 0 Å². The van der Waals surface area contributed by atoms with Gasteiger partial charge in [0.25, 0.3) is 0 Å². The molecule has 21 heavy (non-hydrogen) atoms. The molecule has 4 aromatic rings. The van der Waals surface area contributed by atoms with Crippen LogP contribution < -0.4 is 0 Å². The van der Waals surface area contributed by atoms with E-state index in [0.717, 1.165) is 0 Å². The lowest BCUT2D eigenvalue weighted by Gasteiger charge is -2.07. The highest BCUT2D eigenvalue weighted by Crippen LogP contribution is 2.40. The average molecular weight is 288 g/mol. The monoisotopic (exact) mass is 288 g/mol. The lowest BCUT2D eigenvalue weighted by molar-refractivity contribution is 1.53. The normalized spacial score (nSPS) is 11.3. The van der Waals surface area contributed by atoms with E-state index in [1.807, 2.05) is 11.3 Å². The van der Waals surface area contributed by atoms with Crippen LogP contribution in [0.4, 0.5) is 0 Å². The molecule has 0 aliphatic carbocycles. The highest BCUT2D eigenvalue weighted by molar-refractivity contribution is 7.26. The van der Waals surface area contributed by atoms with Crippen LogP contribution >= 0.6 is 11.3 Å². The van der Waals surface area contributed by atoms with Gasteiger partial charge in [0, 0.05) is 20.2 Å². The second-order valence-corrected chi connectivity index (χ2v) is 6.56. The topological polar surface area (TPSA) is 0 Å². The number of hydrogen-bond donors (Lipinski definition) is 0. The third-order valence-corrected chi connectivity index (χ3v) is 5.67. The van der Waals surface area contributed by atoms with Gasteiger partial charge in [0.05, 0.1) is 0 Å². The highest BCUT2D eigenvalue weighted by atomic mass is 32.1. The standard InChI is InChI=1S/C20H16S/c1-13-7-6-10-17-18-12-11-16(15-8-4-3-5-9-15)14(2)20(18)21-19(13)17/h3-12H,1-2H3. The zero-order valence-corrected chi connectivity index (χ0v) is 13.0. The van der Waals surface area contributed by atoms with Crippen molar-refractivity contribution in [3.63, 3.8) is 0 Å². The zero-order valence-electron chi connectivity index (χ0n) is 12.2. The predicted molar refractivity (Wildman–Crippen MR) is 94.2 cm³/mol. The molecule has 0 spiro atoms. The molecule has 0 aliphatic rings. The fourth-order valence-electron chi connectivity index (χ4n) is 3.07. The smallest absolute Gasteiger partial charge is 0.0390 e. The molecule has 0 bridgehead atoms. The Balaban J connectivity index is 2.08. The van der Waals surface area contributed by atoms with Crippen molar-refractivity contribution in [2.24, 2.45) is 0 Å². The van der Waals surface area contributed by atoms with Crippen LogP contribution in [0, 0.1) is 13.8 Å². The van der Waals surface area contributed by atoms with Gasteiger partial charge in [0.15, 0.2) is 0 Å². The van der Waals surface area contributed by atoms with Crippen LogP contribution in [0.15, 0.2) is 60.7 Å². The number of aryl methyl sites for hydroxylation is 2. The Labute approximate surface area is 128 Å². The Kier molecular flexibility index (Phi) is 2.83. The van der Waals surface area contributed by atoms with Crippen LogP contribution in [0.2, 0.25) is 0 Å². The largest absolute Gasteiger partial charge is 0.135 e. The second kappa shape index (κ2) is 4.71. The summed E-state index contributed by atoms with van der Waals surface area (Å²) >= 11 is 1.92. The molecule has 0 N–H and O–H groups in total. The number of benzene rings is 3. The molecule has 0 amide bonds. The molecule has 1 aromatic heterocycles. The summed E-state index contributed by atoms with van der Waals surface area (Å²) in [6.45, 7) is 4.44. The highest BCUT2D eigenvalue weighted by Gasteiger charge is 2.11. The average Bonchev–Trinajstić information content (AvgIpc) is 2.90. The molecule has 0 saturated carbocycles. The molecular formula is C20H16S. The summed E-state index contributed by atoms with van der Waals surface area (Å²) in [6.07, 6.45) is 0. The van der Waals surface area contributed by atoms with Gasteiger partial charge < -0.3 is 0 Å². The molecule has 3 aromatic carbocycles. The van der Waals surface area contributed by atoms with Crippen LogP contribution in [0.3, 0.4) is 0 Å². The van der Waals surface area contributed by atoms with Gasteiger partial charge in [-0.15, -0.1) is 11.3 Å². The Morgan fingerprint density at radius 1 is 0.667 bits per heavy atom. The molecule has 0 radical (unpaired) electrons. The first-order valence-electron chi connectivity index (χ1n) is 7.22. The molecule has 0 atom stereocenters. The Morgan fingerprint density at radius 3 is 2.24 bits per heavy atom. The second-order valence-electron chi connectivity index (χ2n) is 5.53. The van der Waals surface area contributed by atoms with Gasteiger partial charge in [-0.1, -0.05) is 60.7 Å². The number of hydrogen-bond acceptors (Lipinski definition) is 1. The van der Waals surface area contributed by atoms with Crippen molar-refractivity contribution in [3.8, 4) is 11.1 Å². The summed E-state index contributed by atoms with van der Waals surface area (Å²) in [7, 11) is 0. The van der Waals surface area contributed by atoms with E-state index in [0.29, 0.717) is 0 Å². The summed E-state index contributed by atoms with van der Waals surface area (Å²) in [6, 6.07) is 21.8.